The molecule has 0 bridgehead atoms. The number of anilines is 2. The number of sulfone groups is 1. The molecule has 0 aliphatic carbocycles. The van der Waals surface area contributed by atoms with Crippen molar-refractivity contribution in [3.05, 3.63) is 72.4 Å². The summed E-state index contributed by atoms with van der Waals surface area (Å²) < 4.78 is 23.5. The van der Waals surface area contributed by atoms with Gasteiger partial charge in [-0.1, -0.05) is 24.3 Å². The molecule has 7 nitrogen and oxygen atoms in total. The van der Waals surface area contributed by atoms with Crippen molar-refractivity contribution < 1.29 is 8.42 Å². The first-order valence-corrected chi connectivity index (χ1v) is 12.7. The van der Waals surface area contributed by atoms with Crippen LogP contribution in [0.3, 0.4) is 0 Å². The van der Waals surface area contributed by atoms with Gasteiger partial charge in [0.15, 0.2) is 9.84 Å². The summed E-state index contributed by atoms with van der Waals surface area (Å²) in [6.07, 6.45) is 7.03. The van der Waals surface area contributed by atoms with Crippen LogP contribution in [-0.2, 0) is 9.84 Å². The third kappa shape index (κ3) is 5.51. The summed E-state index contributed by atoms with van der Waals surface area (Å²) in [5, 5.41) is 10.3. The van der Waals surface area contributed by atoms with Gasteiger partial charge in [-0.25, -0.2) is 8.42 Å². The minimum absolute atomic E-state index is 0.0857. The first kappa shape index (κ1) is 22.4. The van der Waals surface area contributed by atoms with Gasteiger partial charge in [-0.2, -0.15) is 0 Å². The van der Waals surface area contributed by atoms with Crippen LogP contribution < -0.4 is 20.9 Å². The van der Waals surface area contributed by atoms with Crippen LogP contribution in [0.1, 0.15) is 5.56 Å². The second kappa shape index (κ2) is 9.77. The molecule has 1 fully saturated rings. The lowest BCUT2D eigenvalue weighted by molar-refractivity contribution is 0.313. The van der Waals surface area contributed by atoms with Crippen LogP contribution in [0.15, 0.2) is 71.8 Å². The highest BCUT2D eigenvalue weighted by Crippen LogP contribution is 2.23. The van der Waals surface area contributed by atoms with E-state index in [1.54, 1.807) is 12.1 Å². The largest absolute Gasteiger partial charge is 0.372 e. The molecule has 2 aliphatic rings. The van der Waals surface area contributed by atoms with Gasteiger partial charge in [0.05, 0.1) is 11.6 Å². The molecule has 1 saturated heterocycles. The van der Waals surface area contributed by atoms with Crippen molar-refractivity contribution in [1.29, 1.82) is 0 Å². The molecule has 0 amide bonds. The topological polar surface area (TPSA) is 76.7 Å². The fraction of sp³-hybridized carbons (Fsp3) is 0.333. The van der Waals surface area contributed by atoms with E-state index in [-0.39, 0.29) is 6.17 Å². The van der Waals surface area contributed by atoms with Crippen LogP contribution in [0.25, 0.3) is 5.57 Å². The Labute approximate surface area is 190 Å². The lowest BCUT2D eigenvalue weighted by Gasteiger charge is -2.34. The monoisotopic (exact) mass is 453 g/mol. The Morgan fingerprint density at radius 3 is 2.53 bits per heavy atom. The minimum Gasteiger partial charge on any atom is -0.372 e. The molecule has 1 atom stereocenters. The van der Waals surface area contributed by atoms with E-state index in [1.807, 2.05) is 30.5 Å². The molecule has 8 heteroatoms. The Kier molecular flexibility index (Phi) is 6.83. The fourth-order valence-electron chi connectivity index (χ4n) is 3.95. The SMILES string of the molecule is CN1CCN(c2cccc(NCNC3NC=CC=C3c3ccc(S(C)(=O)=O)cc3)c2)CC1. The van der Waals surface area contributed by atoms with Crippen LogP contribution in [-0.4, -0.2) is 65.6 Å². The predicted molar refractivity (Wildman–Crippen MR) is 131 cm³/mol. The van der Waals surface area contributed by atoms with E-state index in [9.17, 15) is 8.42 Å². The Morgan fingerprint density at radius 2 is 1.81 bits per heavy atom. The Hall–Kier alpha value is -2.81. The Morgan fingerprint density at radius 1 is 1.06 bits per heavy atom. The summed E-state index contributed by atoms with van der Waals surface area (Å²) in [6, 6.07) is 15.5. The van der Waals surface area contributed by atoms with Crippen molar-refractivity contribution >= 4 is 26.8 Å². The molecule has 1 unspecified atom stereocenters. The van der Waals surface area contributed by atoms with Crippen LogP contribution in [0.2, 0.25) is 0 Å². The summed E-state index contributed by atoms with van der Waals surface area (Å²) in [7, 11) is -1.04. The number of nitrogens with zero attached hydrogens (tertiary/aromatic N) is 2. The zero-order chi connectivity index (χ0) is 22.6. The molecule has 0 radical (unpaired) electrons. The highest BCUT2D eigenvalue weighted by Gasteiger charge is 2.17. The first-order chi connectivity index (χ1) is 15.4. The zero-order valence-corrected chi connectivity index (χ0v) is 19.4. The number of dihydropyridines is 1. The average Bonchev–Trinajstić information content (AvgIpc) is 2.80. The van der Waals surface area contributed by atoms with Gasteiger partial charge in [-0.3, -0.25) is 5.32 Å². The molecule has 0 spiro atoms. The van der Waals surface area contributed by atoms with E-state index in [2.05, 4.69) is 57.1 Å². The molecule has 4 rings (SSSR count). The van der Waals surface area contributed by atoms with E-state index >= 15 is 0 Å². The lowest BCUT2D eigenvalue weighted by atomic mass is 10.0. The molecule has 32 heavy (non-hydrogen) atoms. The third-order valence-electron chi connectivity index (χ3n) is 5.87. The van der Waals surface area contributed by atoms with Gasteiger partial charge in [0.1, 0.15) is 6.17 Å². The maximum atomic E-state index is 11.7. The summed E-state index contributed by atoms with van der Waals surface area (Å²) in [5.74, 6) is 0. The second-order valence-electron chi connectivity index (χ2n) is 8.28. The predicted octanol–water partition coefficient (Wildman–Crippen LogP) is 2.33. The molecule has 3 N–H and O–H groups in total. The number of allylic oxidation sites excluding steroid dienone is 2. The third-order valence-corrected chi connectivity index (χ3v) is 7.00. The Bertz CT molecular complexity index is 1090. The molecule has 0 saturated carbocycles. The number of rotatable bonds is 7. The van der Waals surface area contributed by atoms with Crippen molar-refractivity contribution in [3.63, 3.8) is 0 Å². The van der Waals surface area contributed by atoms with Crippen LogP contribution in [0.5, 0.6) is 0 Å². The van der Waals surface area contributed by atoms with Crippen molar-refractivity contribution in [1.82, 2.24) is 15.5 Å². The van der Waals surface area contributed by atoms with Gasteiger partial charge in [-0.05, 0) is 60.8 Å². The molecule has 2 aromatic rings. The van der Waals surface area contributed by atoms with Gasteiger partial charge < -0.3 is 20.4 Å². The van der Waals surface area contributed by atoms with E-state index in [0.29, 0.717) is 11.6 Å². The number of likely N-dealkylation sites (N-methyl/N-ethyl adjacent to an activating group) is 1. The van der Waals surface area contributed by atoms with E-state index < -0.39 is 9.84 Å². The normalized spacial score (nSPS) is 19.4. The molecule has 2 aliphatic heterocycles. The van der Waals surface area contributed by atoms with Gasteiger partial charge >= 0.3 is 0 Å². The maximum absolute atomic E-state index is 11.7. The molecular weight excluding hydrogens is 422 g/mol. The zero-order valence-electron chi connectivity index (χ0n) is 18.6. The Balaban J connectivity index is 1.37. The smallest absolute Gasteiger partial charge is 0.175 e. The van der Waals surface area contributed by atoms with Crippen molar-refractivity contribution in [2.45, 2.75) is 11.1 Å². The van der Waals surface area contributed by atoms with Crippen LogP contribution in [0.4, 0.5) is 11.4 Å². The average molecular weight is 454 g/mol. The number of nitrogens with one attached hydrogen (secondary N) is 3. The minimum atomic E-state index is -3.20. The van der Waals surface area contributed by atoms with Crippen molar-refractivity contribution in [2.24, 2.45) is 0 Å². The molecule has 2 heterocycles. The first-order valence-electron chi connectivity index (χ1n) is 10.8. The number of piperazine rings is 1. The summed E-state index contributed by atoms with van der Waals surface area (Å²) >= 11 is 0. The quantitative estimate of drug-likeness (QED) is 0.556. The summed E-state index contributed by atoms with van der Waals surface area (Å²) in [5.41, 5.74) is 4.35. The van der Waals surface area contributed by atoms with Crippen molar-refractivity contribution in [2.75, 3.05) is 56.4 Å². The second-order valence-corrected chi connectivity index (χ2v) is 10.3. The van der Waals surface area contributed by atoms with Crippen LogP contribution >= 0.6 is 0 Å². The van der Waals surface area contributed by atoms with Crippen LogP contribution in [0, 0.1) is 0 Å². The van der Waals surface area contributed by atoms with Gasteiger partial charge in [0.25, 0.3) is 0 Å². The molecule has 170 valence electrons. The van der Waals surface area contributed by atoms with Crippen molar-refractivity contribution in [3.8, 4) is 0 Å². The standard InChI is InChI=1S/C24H31N5O2S/c1-28-13-15-29(16-14-28)21-6-3-5-20(17-21)26-18-27-24-23(7-4-12-25-24)19-8-10-22(11-9-19)32(2,30)31/h3-12,17,24-27H,13-16,18H2,1-2H3. The number of benzene rings is 2. The molecular formula is C24H31N5O2S. The number of hydrogen-bond donors (Lipinski definition) is 3. The molecule has 0 aromatic heterocycles. The summed E-state index contributed by atoms with van der Waals surface area (Å²) in [6.45, 7) is 4.84. The highest BCUT2D eigenvalue weighted by molar-refractivity contribution is 7.90. The van der Waals surface area contributed by atoms with Gasteiger partial charge in [-0.15, -0.1) is 0 Å². The van der Waals surface area contributed by atoms with Gasteiger partial charge in [0, 0.05) is 43.8 Å². The fourth-order valence-corrected chi connectivity index (χ4v) is 4.58. The highest BCUT2D eigenvalue weighted by atomic mass is 32.2. The summed E-state index contributed by atoms with van der Waals surface area (Å²) in [4.78, 5) is 5.11. The maximum Gasteiger partial charge on any atom is 0.175 e. The molecule has 2 aromatic carbocycles. The van der Waals surface area contributed by atoms with E-state index in [1.165, 1.54) is 11.9 Å². The van der Waals surface area contributed by atoms with Gasteiger partial charge in [0.2, 0.25) is 0 Å². The lowest BCUT2D eigenvalue weighted by Crippen LogP contribution is -2.44. The number of hydrogen-bond acceptors (Lipinski definition) is 7. The van der Waals surface area contributed by atoms with E-state index in [0.717, 1.165) is 43.0 Å². The van der Waals surface area contributed by atoms with E-state index in [4.69, 9.17) is 0 Å².